The number of aromatic amines is 1. The number of likely N-dealkylation sites (tertiary alicyclic amines) is 1. The van der Waals surface area contributed by atoms with E-state index in [0.717, 1.165) is 56.0 Å². The molecule has 0 bridgehead atoms. The van der Waals surface area contributed by atoms with E-state index in [-0.39, 0.29) is 0 Å². The summed E-state index contributed by atoms with van der Waals surface area (Å²) in [6.45, 7) is 3.09. The molecule has 2 aliphatic rings. The van der Waals surface area contributed by atoms with Crippen LogP contribution in [0.25, 0.3) is 17.8 Å². The lowest BCUT2D eigenvalue weighted by Crippen LogP contribution is -2.35. The van der Waals surface area contributed by atoms with E-state index in [4.69, 9.17) is 16.7 Å². The molecule has 0 amide bonds. The number of hydrogen-bond donors (Lipinski definition) is 1. The van der Waals surface area contributed by atoms with Crippen LogP contribution in [0.4, 0.5) is 0 Å². The van der Waals surface area contributed by atoms with Gasteiger partial charge in [-0.15, -0.1) is 0 Å². The molecule has 154 valence electrons. The fourth-order valence-electron chi connectivity index (χ4n) is 4.46. The molecule has 3 heterocycles. The van der Waals surface area contributed by atoms with Gasteiger partial charge in [0.1, 0.15) is 0 Å². The lowest BCUT2D eigenvalue weighted by molar-refractivity contribution is 0.200. The first-order valence-corrected chi connectivity index (χ1v) is 11.1. The number of benzene rings is 1. The van der Waals surface area contributed by atoms with E-state index in [9.17, 15) is 0 Å². The summed E-state index contributed by atoms with van der Waals surface area (Å²) in [6.07, 6.45) is 15.2. The van der Waals surface area contributed by atoms with Gasteiger partial charge in [0.05, 0.1) is 16.7 Å². The molecule has 1 aliphatic heterocycles. The third-order valence-electron chi connectivity index (χ3n) is 6.06. The molecular weight excluding hydrogens is 394 g/mol. The maximum absolute atomic E-state index is 6.12. The lowest BCUT2D eigenvalue weighted by Gasteiger charge is -2.30. The van der Waals surface area contributed by atoms with Gasteiger partial charge in [0.15, 0.2) is 0 Å². The first kappa shape index (κ1) is 19.3. The second kappa shape index (κ2) is 8.62. The summed E-state index contributed by atoms with van der Waals surface area (Å²) in [7, 11) is 0. The standard InChI is InChI=1S/C24H26ClN5/c25-19-7-9-21(10-8-19)30-23-6-4-2-1-3-5-22(23)24(28-30)18-12-15-29(16-13-18)17-20-11-14-26-27-20/h1,3,5-11,14,18H,2,4,12-13,15-17H2,(H,26,27). The van der Waals surface area contributed by atoms with Gasteiger partial charge in [-0.25, -0.2) is 4.68 Å². The van der Waals surface area contributed by atoms with E-state index in [1.54, 1.807) is 0 Å². The van der Waals surface area contributed by atoms with Crippen LogP contribution in [0.3, 0.4) is 0 Å². The zero-order chi connectivity index (χ0) is 20.3. The predicted molar refractivity (Wildman–Crippen MR) is 121 cm³/mol. The van der Waals surface area contributed by atoms with Crippen LogP contribution in [0.2, 0.25) is 5.02 Å². The van der Waals surface area contributed by atoms with E-state index in [0.29, 0.717) is 5.92 Å². The number of halogens is 1. The van der Waals surface area contributed by atoms with Crippen molar-refractivity contribution in [1.29, 1.82) is 0 Å². The minimum Gasteiger partial charge on any atom is -0.297 e. The summed E-state index contributed by atoms with van der Waals surface area (Å²) >= 11 is 6.12. The first-order valence-electron chi connectivity index (χ1n) is 10.7. The monoisotopic (exact) mass is 419 g/mol. The molecule has 1 saturated heterocycles. The number of hydrogen-bond acceptors (Lipinski definition) is 3. The number of fused-ring (bicyclic) bond motifs is 1. The third kappa shape index (κ3) is 4.00. The molecule has 1 fully saturated rings. The number of aromatic nitrogens is 4. The summed E-state index contributed by atoms with van der Waals surface area (Å²) in [5.74, 6) is 0.475. The topological polar surface area (TPSA) is 49.7 Å². The SMILES string of the molecule is Clc1ccc(-n2nc(C3CCN(Cc4ccn[nH]4)CC3)c3c2=CCCC=CC=3)cc1. The Kier molecular flexibility index (Phi) is 5.56. The van der Waals surface area contributed by atoms with Crippen LogP contribution in [0.15, 0.2) is 48.7 Å². The average Bonchev–Trinajstić information content (AvgIpc) is 3.37. The molecule has 5 rings (SSSR count). The summed E-state index contributed by atoms with van der Waals surface area (Å²) in [5, 5.41) is 15.5. The van der Waals surface area contributed by atoms with Gasteiger partial charge >= 0.3 is 0 Å². The molecule has 0 saturated carbocycles. The number of nitrogens with one attached hydrogen (secondary N) is 1. The van der Waals surface area contributed by atoms with Gasteiger partial charge in [-0.2, -0.15) is 10.2 Å². The number of nitrogens with zero attached hydrogens (tertiary/aromatic N) is 4. The van der Waals surface area contributed by atoms with Crippen LogP contribution in [0.1, 0.15) is 43.0 Å². The molecule has 0 spiro atoms. The van der Waals surface area contributed by atoms with Crippen molar-refractivity contribution < 1.29 is 0 Å². The smallest absolute Gasteiger partial charge is 0.0739 e. The van der Waals surface area contributed by atoms with Crippen LogP contribution in [0, 0.1) is 0 Å². The fraction of sp³-hybridized carbons (Fsp3) is 0.333. The highest BCUT2D eigenvalue weighted by Gasteiger charge is 2.25. The Morgan fingerprint density at radius 1 is 1.07 bits per heavy atom. The van der Waals surface area contributed by atoms with Crippen LogP contribution in [0.5, 0.6) is 0 Å². The molecule has 0 radical (unpaired) electrons. The van der Waals surface area contributed by atoms with Crippen molar-refractivity contribution in [2.45, 2.75) is 38.1 Å². The van der Waals surface area contributed by atoms with Gasteiger partial charge < -0.3 is 0 Å². The largest absolute Gasteiger partial charge is 0.297 e. The maximum atomic E-state index is 6.12. The highest BCUT2D eigenvalue weighted by atomic mass is 35.5. The normalized spacial score (nSPS) is 17.6. The third-order valence-corrected chi connectivity index (χ3v) is 6.31. The molecule has 30 heavy (non-hydrogen) atoms. The molecule has 6 heteroatoms. The molecule has 1 N–H and O–H groups in total. The van der Waals surface area contributed by atoms with Crippen molar-refractivity contribution in [2.75, 3.05) is 13.1 Å². The maximum Gasteiger partial charge on any atom is 0.0739 e. The zero-order valence-corrected chi connectivity index (χ0v) is 17.7. The minimum absolute atomic E-state index is 0.475. The molecular formula is C24H26ClN5. The Balaban J connectivity index is 1.46. The van der Waals surface area contributed by atoms with Gasteiger partial charge in [0.25, 0.3) is 0 Å². The Labute approximate surface area is 181 Å². The second-order valence-corrected chi connectivity index (χ2v) is 8.52. The van der Waals surface area contributed by atoms with Crippen molar-refractivity contribution in [3.05, 3.63) is 75.7 Å². The van der Waals surface area contributed by atoms with E-state index in [2.05, 4.69) is 62.3 Å². The fourth-order valence-corrected chi connectivity index (χ4v) is 4.59. The number of allylic oxidation sites excluding steroid dienone is 2. The van der Waals surface area contributed by atoms with Crippen molar-refractivity contribution >= 4 is 23.8 Å². The highest BCUT2D eigenvalue weighted by molar-refractivity contribution is 6.30. The molecule has 1 aromatic carbocycles. The lowest BCUT2D eigenvalue weighted by atomic mass is 9.92. The second-order valence-electron chi connectivity index (χ2n) is 8.08. The van der Waals surface area contributed by atoms with E-state index in [1.807, 2.05) is 18.3 Å². The molecule has 2 aromatic heterocycles. The van der Waals surface area contributed by atoms with Crippen LogP contribution >= 0.6 is 11.6 Å². The quantitative estimate of drug-likeness (QED) is 0.703. The summed E-state index contributed by atoms with van der Waals surface area (Å²) in [5.41, 5.74) is 3.47. The van der Waals surface area contributed by atoms with E-state index >= 15 is 0 Å². The summed E-state index contributed by atoms with van der Waals surface area (Å²) in [4.78, 5) is 2.50. The molecule has 3 aromatic rings. The Morgan fingerprint density at radius 2 is 1.90 bits per heavy atom. The first-order chi connectivity index (χ1) is 14.8. The van der Waals surface area contributed by atoms with E-state index in [1.165, 1.54) is 22.0 Å². The minimum atomic E-state index is 0.475. The van der Waals surface area contributed by atoms with Gasteiger partial charge in [0.2, 0.25) is 0 Å². The predicted octanol–water partition coefficient (Wildman–Crippen LogP) is 3.54. The van der Waals surface area contributed by atoms with Crippen molar-refractivity contribution in [1.82, 2.24) is 24.9 Å². The van der Waals surface area contributed by atoms with Gasteiger partial charge in [-0.1, -0.05) is 35.9 Å². The number of H-pyrrole nitrogens is 1. The summed E-state index contributed by atoms with van der Waals surface area (Å²) < 4.78 is 2.10. The van der Waals surface area contributed by atoms with Crippen LogP contribution in [-0.4, -0.2) is 38.0 Å². The van der Waals surface area contributed by atoms with Crippen molar-refractivity contribution in [3.8, 4) is 5.69 Å². The van der Waals surface area contributed by atoms with Crippen LogP contribution in [-0.2, 0) is 6.54 Å². The number of piperidine rings is 1. The van der Waals surface area contributed by atoms with Gasteiger partial charge in [-0.3, -0.25) is 10.00 Å². The molecule has 0 unspecified atom stereocenters. The molecule has 5 nitrogen and oxygen atoms in total. The van der Waals surface area contributed by atoms with Crippen molar-refractivity contribution in [3.63, 3.8) is 0 Å². The van der Waals surface area contributed by atoms with Gasteiger partial charge in [0, 0.05) is 34.6 Å². The Bertz CT molecular complexity index is 1130. The van der Waals surface area contributed by atoms with Crippen LogP contribution < -0.4 is 10.6 Å². The molecule has 1 aliphatic carbocycles. The zero-order valence-electron chi connectivity index (χ0n) is 17.0. The molecule has 0 atom stereocenters. The van der Waals surface area contributed by atoms with E-state index < -0.39 is 0 Å². The Hall–Kier alpha value is -2.63. The Morgan fingerprint density at radius 3 is 2.67 bits per heavy atom. The van der Waals surface area contributed by atoms with Crippen molar-refractivity contribution in [2.24, 2.45) is 0 Å². The summed E-state index contributed by atoms with van der Waals surface area (Å²) in [6, 6.07) is 10.0. The number of rotatable bonds is 4. The average molecular weight is 420 g/mol. The highest BCUT2D eigenvalue weighted by Crippen LogP contribution is 2.26. The van der Waals surface area contributed by atoms with Gasteiger partial charge in [-0.05, 0) is 69.1 Å².